The normalized spacial score (nSPS) is 15.2. The van der Waals surface area contributed by atoms with Crippen molar-refractivity contribution in [2.45, 2.75) is 19.3 Å². The Balaban J connectivity index is 1.43. The van der Waals surface area contributed by atoms with Crippen LogP contribution in [0.15, 0.2) is 48.5 Å². The molecule has 1 saturated heterocycles. The molecule has 0 bridgehead atoms. The lowest BCUT2D eigenvalue weighted by Crippen LogP contribution is -2.41. The van der Waals surface area contributed by atoms with Crippen LogP contribution in [0.3, 0.4) is 0 Å². The minimum Gasteiger partial charge on any atom is -0.484 e. The fourth-order valence-corrected chi connectivity index (χ4v) is 3.31. The molecule has 1 aliphatic heterocycles. The van der Waals surface area contributed by atoms with E-state index in [-0.39, 0.29) is 18.3 Å². The van der Waals surface area contributed by atoms with Crippen LogP contribution in [0.2, 0.25) is 5.02 Å². The first-order valence-corrected chi connectivity index (χ1v) is 8.88. The summed E-state index contributed by atoms with van der Waals surface area (Å²) >= 11 is 5.90. The van der Waals surface area contributed by atoms with Gasteiger partial charge in [0.05, 0.1) is 0 Å². The van der Waals surface area contributed by atoms with Gasteiger partial charge in [0.15, 0.2) is 6.61 Å². The number of halogens is 2. The molecule has 0 aliphatic carbocycles. The fourth-order valence-electron chi connectivity index (χ4n) is 3.13. The maximum atomic E-state index is 13.0. The summed E-state index contributed by atoms with van der Waals surface area (Å²) in [6.45, 7) is 1.51. The maximum Gasteiger partial charge on any atom is 0.260 e. The molecule has 3 rings (SSSR count). The Hall–Kier alpha value is -2.07. The van der Waals surface area contributed by atoms with Gasteiger partial charge < -0.3 is 9.64 Å². The molecule has 0 atom stereocenters. The zero-order valence-electron chi connectivity index (χ0n) is 14.0. The van der Waals surface area contributed by atoms with E-state index in [4.69, 9.17) is 16.3 Å². The number of carbonyl (C=O) groups excluding carboxylic acids is 1. The van der Waals surface area contributed by atoms with E-state index in [1.165, 1.54) is 12.1 Å². The maximum absolute atomic E-state index is 13.0. The average Bonchev–Trinajstić information content (AvgIpc) is 2.62. The Kier molecular flexibility index (Phi) is 5.92. The molecular weight excluding hydrogens is 341 g/mol. The van der Waals surface area contributed by atoms with Gasteiger partial charge in [-0.05, 0) is 61.1 Å². The first kappa shape index (κ1) is 17.7. The number of nitrogens with zero attached hydrogens (tertiary/aromatic N) is 1. The third-order valence-corrected chi connectivity index (χ3v) is 4.80. The van der Waals surface area contributed by atoms with Crippen molar-refractivity contribution in [2.24, 2.45) is 5.92 Å². The lowest BCUT2D eigenvalue weighted by Gasteiger charge is -2.32. The van der Waals surface area contributed by atoms with Crippen LogP contribution < -0.4 is 4.74 Å². The number of hydrogen-bond acceptors (Lipinski definition) is 2. The molecule has 0 radical (unpaired) electrons. The van der Waals surface area contributed by atoms with Crippen molar-refractivity contribution >= 4 is 17.5 Å². The topological polar surface area (TPSA) is 29.5 Å². The van der Waals surface area contributed by atoms with Crippen molar-refractivity contribution < 1.29 is 13.9 Å². The number of ether oxygens (including phenoxy) is 1. The Labute approximate surface area is 152 Å². The predicted octanol–water partition coefficient (Wildman–Crippen LogP) is 4.34. The Morgan fingerprint density at radius 1 is 1.16 bits per heavy atom. The van der Waals surface area contributed by atoms with E-state index in [1.807, 2.05) is 17.0 Å². The van der Waals surface area contributed by atoms with Crippen molar-refractivity contribution in [3.8, 4) is 5.75 Å². The second-order valence-corrected chi connectivity index (χ2v) is 6.84. The fraction of sp³-hybridized carbons (Fsp3) is 0.350. The van der Waals surface area contributed by atoms with E-state index in [0.717, 1.165) is 37.9 Å². The highest BCUT2D eigenvalue weighted by Crippen LogP contribution is 2.22. The lowest BCUT2D eigenvalue weighted by molar-refractivity contribution is -0.134. The van der Waals surface area contributed by atoms with E-state index in [1.54, 1.807) is 24.3 Å². The van der Waals surface area contributed by atoms with Crippen LogP contribution in [-0.2, 0) is 11.2 Å². The largest absolute Gasteiger partial charge is 0.484 e. The highest BCUT2D eigenvalue weighted by atomic mass is 35.5. The van der Waals surface area contributed by atoms with Crippen LogP contribution >= 0.6 is 11.6 Å². The molecule has 2 aromatic rings. The zero-order chi connectivity index (χ0) is 17.6. The summed E-state index contributed by atoms with van der Waals surface area (Å²) in [5.74, 6) is 0.930. The van der Waals surface area contributed by atoms with E-state index >= 15 is 0 Å². The number of likely N-dealkylation sites (tertiary alicyclic amines) is 1. The Bertz CT molecular complexity index is 712. The Morgan fingerprint density at radius 3 is 2.56 bits per heavy atom. The minimum atomic E-state index is -0.205. The molecule has 0 aromatic heterocycles. The molecule has 0 spiro atoms. The summed E-state index contributed by atoms with van der Waals surface area (Å²) in [6, 6.07) is 13.7. The van der Waals surface area contributed by atoms with Crippen LogP contribution in [0.5, 0.6) is 5.75 Å². The first-order chi connectivity index (χ1) is 12.1. The van der Waals surface area contributed by atoms with Gasteiger partial charge in [0.2, 0.25) is 0 Å². The number of benzene rings is 2. The van der Waals surface area contributed by atoms with Crippen molar-refractivity contribution in [2.75, 3.05) is 19.7 Å². The van der Waals surface area contributed by atoms with Gasteiger partial charge in [0, 0.05) is 18.1 Å². The van der Waals surface area contributed by atoms with Gasteiger partial charge >= 0.3 is 0 Å². The quantitative estimate of drug-likeness (QED) is 0.792. The molecule has 1 heterocycles. The standard InChI is InChI=1S/C20H21ClFNO2/c21-17-2-1-3-19(13-17)25-14-20(24)23-10-8-16(9-11-23)12-15-4-6-18(22)7-5-15/h1-7,13,16H,8-12,14H2. The van der Waals surface area contributed by atoms with E-state index in [0.29, 0.717) is 16.7 Å². The highest BCUT2D eigenvalue weighted by molar-refractivity contribution is 6.30. The van der Waals surface area contributed by atoms with Gasteiger partial charge in [-0.3, -0.25) is 4.79 Å². The second kappa shape index (κ2) is 8.34. The van der Waals surface area contributed by atoms with Crippen LogP contribution in [0.1, 0.15) is 18.4 Å². The van der Waals surface area contributed by atoms with Crippen molar-refractivity contribution in [1.82, 2.24) is 4.90 Å². The summed E-state index contributed by atoms with van der Waals surface area (Å²) in [5.41, 5.74) is 1.15. The number of piperidine rings is 1. The molecular formula is C20H21ClFNO2. The number of rotatable bonds is 5. The molecule has 25 heavy (non-hydrogen) atoms. The molecule has 1 aliphatic rings. The number of amides is 1. The van der Waals surface area contributed by atoms with Gasteiger partial charge in [0.25, 0.3) is 5.91 Å². The summed E-state index contributed by atoms with van der Waals surface area (Å²) in [4.78, 5) is 14.1. The number of carbonyl (C=O) groups is 1. The molecule has 1 amide bonds. The summed E-state index contributed by atoms with van der Waals surface area (Å²) in [5, 5.41) is 0.589. The van der Waals surface area contributed by atoms with Gasteiger partial charge in [0.1, 0.15) is 11.6 Å². The molecule has 3 nitrogen and oxygen atoms in total. The third kappa shape index (κ3) is 5.20. The summed E-state index contributed by atoms with van der Waals surface area (Å²) < 4.78 is 18.5. The predicted molar refractivity (Wildman–Crippen MR) is 96.4 cm³/mol. The van der Waals surface area contributed by atoms with Crippen molar-refractivity contribution in [3.05, 3.63) is 64.9 Å². The van der Waals surface area contributed by atoms with Crippen molar-refractivity contribution in [3.63, 3.8) is 0 Å². The number of hydrogen-bond donors (Lipinski definition) is 0. The molecule has 5 heteroatoms. The highest BCUT2D eigenvalue weighted by Gasteiger charge is 2.23. The zero-order valence-corrected chi connectivity index (χ0v) is 14.7. The summed E-state index contributed by atoms with van der Waals surface area (Å²) in [6.07, 6.45) is 2.85. The van der Waals surface area contributed by atoms with Gasteiger partial charge in [-0.1, -0.05) is 29.8 Å². The second-order valence-electron chi connectivity index (χ2n) is 6.40. The first-order valence-electron chi connectivity index (χ1n) is 8.51. The summed E-state index contributed by atoms with van der Waals surface area (Å²) in [7, 11) is 0. The van der Waals surface area contributed by atoms with Crippen LogP contribution in [0.25, 0.3) is 0 Å². The SMILES string of the molecule is O=C(COc1cccc(Cl)c1)N1CCC(Cc2ccc(F)cc2)CC1. The third-order valence-electron chi connectivity index (χ3n) is 4.56. The lowest BCUT2D eigenvalue weighted by atomic mass is 9.90. The molecule has 0 N–H and O–H groups in total. The van der Waals surface area contributed by atoms with E-state index < -0.39 is 0 Å². The monoisotopic (exact) mass is 361 g/mol. The minimum absolute atomic E-state index is 0.000192. The average molecular weight is 362 g/mol. The smallest absolute Gasteiger partial charge is 0.260 e. The van der Waals surface area contributed by atoms with Crippen LogP contribution in [0.4, 0.5) is 4.39 Å². The molecule has 0 unspecified atom stereocenters. The Morgan fingerprint density at radius 2 is 1.88 bits per heavy atom. The van der Waals surface area contributed by atoms with Crippen LogP contribution in [-0.4, -0.2) is 30.5 Å². The van der Waals surface area contributed by atoms with Gasteiger partial charge in [-0.25, -0.2) is 4.39 Å². The molecule has 1 fully saturated rings. The van der Waals surface area contributed by atoms with Crippen molar-refractivity contribution in [1.29, 1.82) is 0 Å². The van der Waals surface area contributed by atoms with Crippen LogP contribution in [0, 0.1) is 11.7 Å². The molecule has 0 saturated carbocycles. The van der Waals surface area contributed by atoms with E-state index in [2.05, 4.69) is 0 Å². The van der Waals surface area contributed by atoms with Gasteiger partial charge in [-0.15, -0.1) is 0 Å². The van der Waals surface area contributed by atoms with Gasteiger partial charge in [-0.2, -0.15) is 0 Å². The molecule has 132 valence electrons. The van der Waals surface area contributed by atoms with E-state index in [9.17, 15) is 9.18 Å². The molecule has 2 aromatic carbocycles.